The third-order valence-corrected chi connectivity index (χ3v) is 8.78. The maximum absolute atomic E-state index is 13.0. The van der Waals surface area contributed by atoms with E-state index in [2.05, 4.69) is 24.6 Å². The summed E-state index contributed by atoms with van der Waals surface area (Å²) in [6.07, 6.45) is 5.69. The Bertz CT molecular complexity index is 1190. The fourth-order valence-electron chi connectivity index (χ4n) is 3.88. The van der Waals surface area contributed by atoms with Crippen LogP contribution in [0, 0.1) is 6.92 Å². The third-order valence-electron chi connectivity index (χ3n) is 5.65. The van der Waals surface area contributed by atoms with Crippen LogP contribution in [0.15, 0.2) is 39.6 Å². The number of pyridine rings is 1. The Morgan fingerprint density at radius 1 is 1.29 bits per heavy atom. The molecule has 0 bridgehead atoms. The molecule has 31 heavy (non-hydrogen) atoms. The highest BCUT2D eigenvalue weighted by atomic mass is 32.2. The first-order chi connectivity index (χ1) is 14.9. The number of sulfonamides is 1. The largest absolute Gasteiger partial charge is 0.348 e. The predicted octanol–water partition coefficient (Wildman–Crippen LogP) is 2.64. The lowest BCUT2D eigenvalue weighted by Crippen LogP contribution is -2.44. The number of hydrogen-bond donors (Lipinski definition) is 3. The van der Waals surface area contributed by atoms with E-state index in [0.717, 1.165) is 54.4 Å². The lowest BCUT2D eigenvalue weighted by Gasteiger charge is -2.31. The fourth-order valence-corrected chi connectivity index (χ4v) is 6.58. The van der Waals surface area contributed by atoms with Gasteiger partial charge in [0.25, 0.3) is 5.56 Å². The molecule has 0 aliphatic carbocycles. The number of nitrogens with zero attached hydrogens (tertiary/aromatic N) is 2. The average Bonchev–Trinajstić information content (AvgIpc) is 3.42. The number of aromatic nitrogens is 3. The van der Waals surface area contributed by atoms with Crippen molar-refractivity contribution in [1.82, 2.24) is 24.6 Å². The molecule has 1 saturated heterocycles. The minimum atomic E-state index is -3.59. The molecule has 0 amide bonds. The number of aromatic amines is 2. The van der Waals surface area contributed by atoms with Gasteiger partial charge in [0.15, 0.2) is 0 Å². The van der Waals surface area contributed by atoms with Gasteiger partial charge in [0.05, 0.1) is 6.54 Å². The Hall–Kier alpha value is -2.27. The van der Waals surface area contributed by atoms with E-state index in [1.807, 2.05) is 32.2 Å². The molecule has 1 aliphatic heterocycles. The molecule has 4 heterocycles. The molecule has 0 unspecified atom stereocenters. The summed E-state index contributed by atoms with van der Waals surface area (Å²) in [5.41, 5.74) is 2.21. The van der Waals surface area contributed by atoms with Crippen LogP contribution in [0.5, 0.6) is 0 Å². The quantitative estimate of drug-likeness (QED) is 0.501. The highest BCUT2D eigenvalue weighted by Crippen LogP contribution is 2.32. The summed E-state index contributed by atoms with van der Waals surface area (Å²) in [6, 6.07) is 5.24. The van der Waals surface area contributed by atoms with E-state index in [9.17, 15) is 13.2 Å². The van der Waals surface area contributed by atoms with E-state index in [1.54, 1.807) is 12.3 Å². The van der Waals surface area contributed by atoms with E-state index >= 15 is 0 Å². The van der Waals surface area contributed by atoms with Crippen LogP contribution in [0.4, 0.5) is 0 Å². The molecule has 1 fully saturated rings. The zero-order chi connectivity index (χ0) is 22.0. The molecule has 0 saturated carbocycles. The summed E-state index contributed by atoms with van der Waals surface area (Å²) < 4.78 is 29.1. The van der Waals surface area contributed by atoms with Gasteiger partial charge < -0.3 is 9.97 Å². The van der Waals surface area contributed by atoms with Crippen LogP contribution in [0.1, 0.15) is 36.8 Å². The molecule has 0 aromatic carbocycles. The van der Waals surface area contributed by atoms with Gasteiger partial charge in [-0.1, -0.05) is 6.92 Å². The van der Waals surface area contributed by atoms with Gasteiger partial charge in [-0.3, -0.25) is 9.69 Å². The van der Waals surface area contributed by atoms with E-state index < -0.39 is 10.0 Å². The van der Waals surface area contributed by atoms with E-state index in [0.29, 0.717) is 16.2 Å². The maximum atomic E-state index is 13.0. The first-order valence-corrected chi connectivity index (χ1v) is 12.7. The zero-order valence-corrected chi connectivity index (χ0v) is 19.3. The lowest BCUT2D eigenvalue weighted by molar-refractivity contribution is 0.196. The minimum Gasteiger partial charge on any atom is -0.348 e. The molecule has 3 aromatic rings. The molecule has 3 N–H and O–H groups in total. The molecule has 1 aliphatic rings. The van der Waals surface area contributed by atoms with Gasteiger partial charge in [0, 0.05) is 53.2 Å². The van der Waals surface area contributed by atoms with Crippen LogP contribution in [0.2, 0.25) is 0 Å². The molecule has 4 rings (SSSR count). The summed E-state index contributed by atoms with van der Waals surface area (Å²) >= 11 is 1.23. The van der Waals surface area contributed by atoms with Gasteiger partial charge in [-0.05, 0) is 44.4 Å². The number of aryl methyl sites for hydroxylation is 2. The van der Waals surface area contributed by atoms with Crippen molar-refractivity contribution in [2.24, 2.45) is 0 Å². The molecule has 3 aromatic heterocycles. The van der Waals surface area contributed by atoms with Crippen LogP contribution in [-0.2, 0) is 23.0 Å². The standard InChI is InChI=1S/C21H27N5O3S2/c1-3-15-12-17(14(2)24-21(15)27)18-4-5-20(30-18)31(28,29)25-16-6-10-26(11-7-16)13-19-22-8-9-23-19/h4-5,8-9,12,16,25H,3,6-7,10-11,13H2,1-2H3,(H,22,23)(H,24,27). The van der Waals surface area contributed by atoms with Gasteiger partial charge in [-0.15, -0.1) is 11.3 Å². The highest BCUT2D eigenvalue weighted by molar-refractivity contribution is 7.91. The first kappa shape index (κ1) is 21.9. The number of imidazole rings is 1. The molecule has 10 heteroatoms. The van der Waals surface area contributed by atoms with Crippen molar-refractivity contribution in [1.29, 1.82) is 0 Å². The third kappa shape index (κ3) is 4.98. The molecule has 8 nitrogen and oxygen atoms in total. The van der Waals surface area contributed by atoms with Crippen molar-refractivity contribution in [3.63, 3.8) is 0 Å². The van der Waals surface area contributed by atoms with E-state index in [-0.39, 0.29) is 11.6 Å². The van der Waals surface area contributed by atoms with Crippen LogP contribution < -0.4 is 10.3 Å². The van der Waals surface area contributed by atoms with Crippen LogP contribution in [0.25, 0.3) is 10.4 Å². The van der Waals surface area contributed by atoms with Crippen molar-refractivity contribution in [3.05, 3.63) is 58.0 Å². The summed E-state index contributed by atoms with van der Waals surface area (Å²) in [7, 11) is -3.59. The normalized spacial score (nSPS) is 16.1. The summed E-state index contributed by atoms with van der Waals surface area (Å²) in [6.45, 7) is 6.15. The second-order valence-corrected chi connectivity index (χ2v) is 10.9. The van der Waals surface area contributed by atoms with Gasteiger partial charge >= 0.3 is 0 Å². The monoisotopic (exact) mass is 461 g/mol. The Kier molecular flexibility index (Phi) is 6.42. The number of hydrogen-bond acceptors (Lipinski definition) is 6. The van der Waals surface area contributed by atoms with E-state index in [1.165, 1.54) is 11.3 Å². The summed E-state index contributed by atoms with van der Waals surface area (Å²) in [5.74, 6) is 0.925. The average molecular weight is 462 g/mol. The smallest absolute Gasteiger partial charge is 0.251 e. The SMILES string of the molecule is CCc1cc(-c2ccc(S(=O)(=O)NC3CCN(Cc4ncc[nH]4)CC3)s2)c(C)[nH]c1=O. The van der Waals surface area contributed by atoms with Crippen LogP contribution in [0.3, 0.4) is 0 Å². The van der Waals surface area contributed by atoms with Crippen LogP contribution in [-0.4, -0.2) is 47.4 Å². The summed E-state index contributed by atoms with van der Waals surface area (Å²) in [4.78, 5) is 25.3. The molecule has 0 atom stereocenters. The Morgan fingerprint density at radius 3 is 2.74 bits per heavy atom. The maximum Gasteiger partial charge on any atom is 0.251 e. The van der Waals surface area contributed by atoms with Crippen molar-refractivity contribution < 1.29 is 8.42 Å². The van der Waals surface area contributed by atoms with Gasteiger partial charge in [0.1, 0.15) is 10.0 Å². The van der Waals surface area contributed by atoms with Gasteiger partial charge in [0.2, 0.25) is 10.0 Å². The number of nitrogens with one attached hydrogen (secondary N) is 3. The Balaban J connectivity index is 1.42. The zero-order valence-electron chi connectivity index (χ0n) is 17.6. The molecule has 0 spiro atoms. The number of thiophene rings is 1. The first-order valence-electron chi connectivity index (χ1n) is 10.4. The van der Waals surface area contributed by atoms with Gasteiger partial charge in [-0.2, -0.15) is 0 Å². The van der Waals surface area contributed by atoms with Crippen molar-refractivity contribution in [2.75, 3.05) is 13.1 Å². The molecule has 0 radical (unpaired) electrons. The molecule has 166 valence electrons. The molecular formula is C21H27N5O3S2. The lowest BCUT2D eigenvalue weighted by atomic mass is 10.1. The molecular weight excluding hydrogens is 434 g/mol. The Labute approximate surface area is 185 Å². The number of likely N-dealkylation sites (tertiary alicyclic amines) is 1. The summed E-state index contributed by atoms with van der Waals surface area (Å²) in [5, 5.41) is 0. The van der Waals surface area contributed by atoms with Crippen molar-refractivity contribution >= 4 is 21.4 Å². The fraction of sp³-hybridized carbons (Fsp3) is 0.429. The van der Waals surface area contributed by atoms with E-state index in [4.69, 9.17) is 0 Å². The number of piperidine rings is 1. The van der Waals surface area contributed by atoms with Crippen LogP contribution >= 0.6 is 11.3 Å². The van der Waals surface area contributed by atoms with Gasteiger partial charge in [-0.25, -0.2) is 18.1 Å². The number of rotatable bonds is 7. The number of H-pyrrole nitrogens is 2. The van der Waals surface area contributed by atoms with Crippen molar-refractivity contribution in [2.45, 2.75) is 49.9 Å². The minimum absolute atomic E-state index is 0.0788. The predicted molar refractivity (Wildman–Crippen MR) is 122 cm³/mol. The van der Waals surface area contributed by atoms with Crippen molar-refractivity contribution in [3.8, 4) is 10.4 Å². The second kappa shape index (κ2) is 9.07. The second-order valence-electron chi connectivity index (χ2n) is 7.84. The Morgan fingerprint density at radius 2 is 2.06 bits per heavy atom. The highest BCUT2D eigenvalue weighted by Gasteiger charge is 2.26. The topological polar surface area (TPSA) is 111 Å².